The first-order chi connectivity index (χ1) is 9.61. The summed E-state index contributed by atoms with van der Waals surface area (Å²) in [4.78, 5) is 2.43. The van der Waals surface area contributed by atoms with Gasteiger partial charge in [-0.1, -0.05) is 6.92 Å². The van der Waals surface area contributed by atoms with Crippen LogP contribution in [0.25, 0.3) is 0 Å². The highest BCUT2D eigenvalue weighted by atomic mass is 79.9. The lowest BCUT2D eigenvalue weighted by molar-refractivity contribution is 0.211. The van der Waals surface area contributed by atoms with E-state index in [-0.39, 0.29) is 0 Å². The van der Waals surface area contributed by atoms with Crippen molar-refractivity contribution in [2.45, 2.75) is 39.2 Å². The van der Waals surface area contributed by atoms with Crippen molar-refractivity contribution in [2.24, 2.45) is 13.0 Å². The van der Waals surface area contributed by atoms with Crippen LogP contribution in [0.3, 0.4) is 0 Å². The van der Waals surface area contributed by atoms with Gasteiger partial charge < -0.3 is 10.2 Å². The van der Waals surface area contributed by atoms with E-state index >= 15 is 0 Å². The number of hydrogen-bond acceptors (Lipinski definition) is 3. The van der Waals surface area contributed by atoms with Crippen molar-refractivity contribution in [1.29, 1.82) is 0 Å². The van der Waals surface area contributed by atoms with Gasteiger partial charge in [0.15, 0.2) is 0 Å². The number of hydrogen-bond donors (Lipinski definition) is 1. The van der Waals surface area contributed by atoms with E-state index in [2.05, 4.69) is 45.2 Å². The molecule has 0 bridgehead atoms. The van der Waals surface area contributed by atoms with Crippen molar-refractivity contribution in [3.8, 4) is 0 Å². The molecule has 5 heteroatoms. The summed E-state index contributed by atoms with van der Waals surface area (Å²) in [7, 11) is 4.25. The highest BCUT2D eigenvalue weighted by molar-refractivity contribution is 9.10. The lowest BCUT2D eigenvalue weighted by atomic mass is 9.94. The fraction of sp³-hybridized carbons (Fsp3) is 0.800. The zero-order chi connectivity index (χ0) is 14.5. The molecule has 0 unspecified atom stereocenters. The average Bonchev–Trinajstić information content (AvgIpc) is 2.72. The molecule has 1 fully saturated rings. The second kappa shape index (κ2) is 7.57. The quantitative estimate of drug-likeness (QED) is 0.806. The monoisotopic (exact) mass is 342 g/mol. The van der Waals surface area contributed by atoms with Crippen molar-refractivity contribution >= 4 is 15.9 Å². The predicted molar refractivity (Wildman–Crippen MR) is 86.8 cm³/mol. The normalized spacial score (nSPS) is 17.8. The third-order valence-corrected chi connectivity index (χ3v) is 5.28. The molecule has 1 saturated heterocycles. The third kappa shape index (κ3) is 4.06. The molecule has 0 radical (unpaired) electrons. The van der Waals surface area contributed by atoms with Crippen LogP contribution in [0.15, 0.2) is 4.47 Å². The van der Waals surface area contributed by atoms with E-state index < -0.39 is 0 Å². The van der Waals surface area contributed by atoms with Crippen molar-refractivity contribution in [3.63, 3.8) is 0 Å². The molecule has 4 nitrogen and oxygen atoms in total. The Bertz CT molecular complexity index is 422. The van der Waals surface area contributed by atoms with E-state index in [9.17, 15) is 0 Å². The first kappa shape index (κ1) is 16.0. The van der Waals surface area contributed by atoms with Gasteiger partial charge in [-0.05, 0) is 74.2 Å². The Kier molecular flexibility index (Phi) is 6.05. The molecule has 2 rings (SSSR count). The minimum absolute atomic E-state index is 0.900. The lowest BCUT2D eigenvalue weighted by Gasteiger charge is -2.28. The first-order valence-electron chi connectivity index (χ1n) is 7.71. The third-order valence-electron chi connectivity index (χ3n) is 4.36. The molecule has 0 amide bonds. The second-order valence-electron chi connectivity index (χ2n) is 5.90. The van der Waals surface area contributed by atoms with E-state index in [0.29, 0.717) is 0 Å². The van der Waals surface area contributed by atoms with Gasteiger partial charge in [0.25, 0.3) is 0 Å². The number of nitrogens with zero attached hydrogens (tertiary/aromatic N) is 3. The minimum Gasteiger partial charge on any atom is -0.311 e. The van der Waals surface area contributed by atoms with E-state index in [1.165, 1.54) is 42.5 Å². The van der Waals surface area contributed by atoms with Gasteiger partial charge in [-0.3, -0.25) is 4.68 Å². The molecule has 0 aromatic carbocycles. The Morgan fingerprint density at radius 1 is 1.30 bits per heavy atom. The molecule has 1 aliphatic rings. The van der Waals surface area contributed by atoms with Gasteiger partial charge in [0.2, 0.25) is 0 Å². The number of likely N-dealkylation sites (tertiary alicyclic amines) is 1. The summed E-state index contributed by atoms with van der Waals surface area (Å²) in [6.45, 7) is 6.67. The number of piperidine rings is 1. The number of aryl methyl sites for hydroxylation is 2. The summed E-state index contributed by atoms with van der Waals surface area (Å²) < 4.78 is 3.17. The van der Waals surface area contributed by atoms with Gasteiger partial charge >= 0.3 is 0 Å². The maximum atomic E-state index is 4.53. The van der Waals surface area contributed by atoms with E-state index in [1.54, 1.807) is 0 Å². The summed E-state index contributed by atoms with van der Waals surface area (Å²) in [6, 6.07) is 0. The largest absolute Gasteiger partial charge is 0.311 e. The van der Waals surface area contributed by atoms with Crippen LogP contribution in [-0.2, 0) is 20.0 Å². The highest BCUT2D eigenvalue weighted by Crippen LogP contribution is 2.22. The average molecular weight is 343 g/mol. The predicted octanol–water partition coefficient (Wildman–Crippen LogP) is 2.57. The van der Waals surface area contributed by atoms with Crippen LogP contribution >= 0.6 is 15.9 Å². The van der Waals surface area contributed by atoms with Crippen LogP contribution < -0.4 is 5.32 Å². The molecule has 0 saturated carbocycles. The topological polar surface area (TPSA) is 33.1 Å². The molecule has 1 N–H and O–H groups in total. The van der Waals surface area contributed by atoms with Crippen molar-refractivity contribution in [2.75, 3.05) is 26.7 Å². The summed E-state index contributed by atoms with van der Waals surface area (Å²) in [5.41, 5.74) is 2.41. The zero-order valence-electron chi connectivity index (χ0n) is 13.0. The second-order valence-corrected chi connectivity index (χ2v) is 6.69. The molecule has 114 valence electrons. The fourth-order valence-electron chi connectivity index (χ4n) is 2.88. The molecule has 0 aliphatic carbocycles. The summed E-state index contributed by atoms with van der Waals surface area (Å²) in [5.74, 6) is 0.903. The number of nitrogens with one attached hydrogen (secondary N) is 1. The molecule has 20 heavy (non-hydrogen) atoms. The Hall–Kier alpha value is -0.390. The number of aromatic nitrogens is 2. The van der Waals surface area contributed by atoms with Crippen LogP contribution in [0.4, 0.5) is 0 Å². The van der Waals surface area contributed by atoms with E-state index in [4.69, 9.17) is 0 Å². The van der Waals surface area contributed by atoms with Gasteiger partial charge in [-0.25, -0.2) is 0 Å². The van der Waals surface area contributed by atoms with Crippen LogP contribution in [0.2, 0.25) is 0 Å². The standard InChI is InChI=1S/C15H27BrN4/c1-4-13-15(16)14(20(3)18-13)11-17-8-5-12-6-9-19(2)10-7-12/h12,17H,4-11H2,1-3H3. The summed E-state index contributed by atoms with van der Waals surface area (Å²) >= 11 is 3.67. The molecular weight excluding hydrogens is 316 g/mol. The molecular formula is C15H27BrN4. The Morgan fingerprint density at radius 3 is 2.60 bits per heavy atom. The zero-order valence-corrected chi connectivity index (χ0v) is 14.5. The van der Waals surface area contributed by atoms with Crippen molar-refractivity contribution in [3.05, 3.63) is 15.9 Å². The van der Waals surface area contributed by atoms with Crippen LogP contribution in [-0.4, -0.2) is 41.4 Å². The number of halogens is 1. The van der Waals surface area contributed by atoms with Gasteiger partial charge in [-0.2, -0.15) is 5.10 Å². The van der Waals surface area contributed by atoms with Gasteiger partial charge in [0, 0.05) is 13.6 Å². The molecule has 0 atom stereocenters. The SMILES string of the molecule is CCc1nn(C)c(CNCCC2CCN(C)CC2)c1Br. The first-order valence-corrected chi connectivity index (χ1v) is 8.50. The molecule has 2 heterocycles. The molecule has 1 aromatic rings. The maximum Gasteiger partial charge on any atom is 0.0767 e. The van der Waals surface area contributed by atoms with Crippen molar-refractivity contribution < 1.29 is 0 Å². The minimum atomic E-state index is 0.900. The molecule has 0 spiro atoms. The van der Waals surface area contributed by atoms with E-state index in [0.717, 1.165) is 31.1 Å². The molecule has 1 aliphatic heterocycles. The van der Waals surface area contributed by atoms with Crippen LogP contribution in [0, 0.1) is 5.92 Å². The Labute approximate surface area is 131 Å². The van der Waals surface area contributed by atoms with Crippen molar-refractivity contribution in [1.82, 2.24) is 20.0 Å². The maximum absolute atomic E-state index is 4.53. The fourth-order valence-corrected chi connectivity index (χ4v) is 3.63. The number of rotatable bonds is 6. The summed E-state index contributed by atoms with van der Waals surface area (Å²) in [5, 5.41) is 8.10. The Morgan fingerprint density at radius 2 is 2.00 bits per heavy atom. The Balaban J connectivity index is 1.72. The smallest absolute Gasteiger partial charge is 0.0767 e. The van der Waals surface area contributed by atoms with Crippen LogP contribution in [0.1, 0.15) is 37.6 Å². The van der Waals surface area contributed by atoms with Crippen LogP contribution in [0.5, 0.6) is 0 Å². The molecule has 1 aromatic heterocycles. The van der Waals surface area contributed by atoms with Gasteiger partial charge in [-0.15, -0.1) is 0 Å². The van der Waals surface area contributed by atoms with E-state index in [1.807, 2.05) is 11.7 Å². The van der Waals surface area contributed by atoms with Gasteiger partial charge in [0.1, 0.15) is 0 Å². The summed E-state index contributed by atoms with van der Waals surface area (Å²) in [6.07, 6.45) is 4.98. The highest BCUT2D eigenvalue weighted by Gasteiger charge is 2.16. The van der Waals surface area contributed by atoms with Gasteiger partial charge in [0.05, 0.1) is 15.9 Å². The lowest BCUT2D eigenvalue weighted by Crippen LogP contribution is -2.31.